The zero-order valence-corrected chi connectivity index (χ0v) is 16.2. The second-order valence-electron chi connectivity index (χ2n) is 5.46. The second kappa shape index (κ2) is 8.51. The molecule has 1 atom stereocenters. The van der Waals surface area contributed by atoms with E-state index in [9.17, 15) is 4.79 Å². The molecule has 0 heterocycles. The van der Waals surface area contributed by atoms with Gasteiger partial charge in [-0.3, -0.25) is 4.79 Å². The summed E-state index contributed by atoms with van der Waals surface area (Å²) in [7, 11) is 1.63. The van der Waals surface area contributed by atoms with Crippen LogP contribution in [0.5, 0.6) is 5.75 Å². The molecule has 2 rings (SSSR count). The van der Waals surface area contributed by atoms with Gasteiger partial charge in [0.15, 0.2) is 0 Å². The number of nitrogens with one attached hydrogen (secondary N) is 2. The molecule has 0 aliphatic carbocycles. The summed E-state index contributed by atoms with van der Waals surface area (Å²) in [5, 5.41) is 6.72. The van der Waals surface area contributed by atoms with Gasteiger partial charge in [0, 0.05) is 16.8 Å². The highest BCUT2D eigenvalue weighted by atomic mass is 79.9. The van der Waals surface area contributed by atoms with Crippen molar-refractivity contribution < 1.29 is 9.53 Å². The molecule has 0 saturated heterocycles. The predicted octanol–water partition coefficient (Wildman–Crippen LogP) is 4.71. The van der Waals surface area contributed by atoms with Crippen LogP contribution in [0.15, 0.2) is 40.9 Å². The van der Waals surface area contributed by atoms with Crippen molar-refractivity contribution in [3.63, 3.8) is 0 Å². The number of ether oxygens (including phenoxy) is 1. The highest BCUT2D eigenvalue weighted by molar-refractivity contribution is 9.10. The van der Waals surface area contributed by atoms with Crippen LogP contribution in [0.3, 0.4) is 0 Å². The Morgan fingerprint density at radius 3 is 2.75 bits per heavy atom. The lowest BCUT2D eigenvalue weighted by molar-refractivity contribution is -0.115. The molecule has 0 unspecified atom stereocenters. The van der Waals surface area contributed by atoms with Gasteiger partial charge < -0.3 is 15.4 Å². The van der Waals surface area contributed by atoms with Crippen molar-refractivity contribution in [2.75, 3.05) is 19.0 Å². The number of hydrogen-bond acceptors (Lipinski definition) is 3. The van der Waals surface area contributed by atoms with Gasteiger partial charge in [0.1, 0.15) is 5.75 Å². The van der Waals surface area contributed by atoms with E-state index in [1.54, 1.807) is 13.2 Å². The van der Waals surface area contributed by atoms with Gasteiger partial charge in [0.25, 0.3) is 0 Å². The van der Waals surface area contributed by atoms with Crippen LogP contribution in [0.25, 0.3) is 0 Å². The largest absolute Gasteiger partial charge is 0.496 e. The summed E-state index contributed by atoms with van der Waals surface area (Å²) >= 11 is 9.53. The summed E-state index contributed by atoms with van der Waals surface area (Å²) in [6.45, 7) is 4.09. The lowest BCUT2D eigenvalue weighted by atomic mass is 10.1. The van der Waals surface area contributed by atoms with E-state index in [1.165, 1.54) is 0 Å². The quantitative estimate of drug-likeness (QED) is 0.724. The third-order valence-electron chi connectivity index (χ3n) is 3.79. The summed E-state index contributed by atoms with van der Waals surface area (Å²) in [6, 6.07) is 11.3. The molecule has 2 aromatic carbocycles. The van der Waals surface area contributed by atoms with Crippen molar-refractivity contribution in [2.24, 2.45) is 0 Å². The van der Waals surface area contributed by atoms with E-state index in [2.05, 4.69) is 26.6 Å². The van der Waals surface area contributed by atoms with Crippen molar-refractivity contribution in [1.29, 1.82) is 0 Å². The first-order chi connectivity index (χ1) is 11.4. The smallest absolute Gasteiger partial charge is 0.238 e. The van der Waals surface area contributed by atoms with Crippen LogP contribution in [-0.2, 0) is 4.79 Å². The summed E-state index contributed by atoms with van der Waals surface area (Å²) in [5.74, 6) is 0.667. The standard InChI is InChI=1S/C18H20BrClN2O2/c1-11-15(20)5-4-6-16(11)22-18(23)10-21-12(2)13-7-8-17(24-3)14(19)9-13/h4-9,12,21H,10H2,1-3H3,(H,22,23)/t12-/m0/s1. The van der Waals surface area contributed by atoms with Crippen LogP contribution in [0.1, 0.15) is 24.1 Å². The van der Waals surface area contributed by atoms with E-state index >= 15 is 0 Å². The van der Waals surface area contributed by atoms with E-state index in [-0.39, 0.29) is 18.5 Å². The molecule has 2 N–H and O–H groups in total. The summed E-state index contributed by atoms with van der Waals surface area (Å²) in [4.78, 5) is 12.1. The molecule has 4 nitrogen and oxygen atoms in total. The molecule has 0 spiro atoms. The number of methoxy groups -OCH3 is 1. The fourth-order valence-electron chi connectivity index (χ4n) is 2.25. The Labute approximate surface area is 155 Å². The molecule has 128 valence electrons. The SMILES string of the molecule is COc1ccc([C@H](C)NCC(=O)Nc2cccc(Cl)c2C)cc1Br. The van der Waals surface area contributed by atoms with Crippen molar-refractivity contribution in [1.82, 2.24) is 5.32 Å². The topological polar surface area (TPSA) is 50.4 Å². The zero-order chi connectivity index (χ0) is 17.7. The minimum atomic E-state index is -0.111. The lowest BCUT2D eigenvalue weighted by Gasteiger charge is -2.16. The molecule has 0 aliphatic rings. The molecular weight excluding hydrogens is 392 g/mol. The Morgan fingerprint density at radius 2 is 2.08 bits per heavy atom. The number of hydrogen-bond donors (Lipinski definition) is 2. The number of halogens is 2. The van der Waals surface area contributed by atoms with Gasteiger partial charge in [0.2, 0.25) is 5.91 Å². The van der Waals surface area contributed by atoms with Crippen molar-refractivity contribution >= 4 is 39.1 Å². The average Bonchev–Trinajstić information content (AvgIpc) is 2.56. The zero-order valence-electron chi connectivity index (χ0n) is 13.8. The van der Waals surface area contributed by atoms with Crippen molar-refractivity contribution in [2.45, 2.75) is 19.9 Å². The van der Waals surface area contributed by atoms with E-state index in [1.807, 2.05) is 44.2 Å². The highest BCUT2D eigenvalue weighted by Gasteiger charge is 2.11. The van der Waals surface area contributed by atoms with Crippen LogP contribution >= 0.6 is 27.5 Å². The van der Waals surface area contributed by atoms with E-state index in [4.69, 9.17) is 16.3 Å². The van der Waals surface area contributed by atoms with Crippen LogP contribution in [-0.4, -0.2) is 19.6 Å². The maximum absolute atomic E-state index is 12.1. The number of carbonyl (C=O) groups excluding carboxylic acids is 1. The molecule has 24 heavy (non-hydrogen) atoms. The fraction of sp³-hybridized carbons (Fsp3) is 0.278. The minimum absolute atomic E-state index is 0.0263. The molecule has 0 aromatic heterocycles. The summed E-state index contributed by atoms with van der Waals surface area (Å²) in [5.41, 5.74) is 2.66. The Hall–Kier alpha value is -1.56. The normalized spacial score (nSPS) is 11.9. The molecule has 0 radical (unpaired) electrons. The molecule has 2 aromatic rings. The van der Waals surface area contributed by atoms with E-state index in [0.717, 1.165) is 27.0 Å². The Balaban J connectivity index is 1.93. The second-order valence-corrected chi connectivity index (χ2v) is 6.72. The average molecular weight is 412 g/mol. The van der Waals surface area contributed by atoms with Crippen molar-refractivity contribution in [3.8, 4) is 5.75 Å². The Bertz CT molecular complexity index is 737. The third-order valence-corrected chi connectivity index (χ3v) is 4.82. The van der Waals surface area contributed by atoms with Crippen LogP contribution in [0.4, 0.5) is 5.69 Å². The molecule has 6 heteroatoms. The summed E-state index contributed by atoms with van der Waals surface area (Å²) in [6.07, 6.45) is 0. The van der Waals surface area contributed by atoms with Crippen LogP contribution in [0, 0.1) is 6.92 Å². The number of carbonyl (C=O) groups is 1. The first-order valence-corrected chi connectivity index (χ1v) is 8.71. The van der Waals surface area contributed by atoms with E-state index in [0.29, 0.717) is 5.02 Å². The Kier molecular flexibility index (Phi) is 6.66. The fourth-order valence-corrected chi connectivity index (χ4v) is 2.99. The van der Waals surface area contributed by atoms with Gasteiger partial charge >= 0.3 is 0 Å². The van der Waals surface area contributed by atoms with Gasteiger partial charge in [-0.15, -0.1) is 0 Å². The predicted molar refractivity (Wildman–Crippen MR) is 102 cm³/mol. The first kappa shape index (κ1) is 18.8. The molecular formula is C18H20BrClN2O2. The number of amides is 1. The Morgan fingerprint density at radius 1 is 1.33 bits per heavy atom. The van der Waals surface area contributed by atoms with Crippen LogP contribution in [0.2, 0.25) is 5.02 Å². The molecule has 0 saturated carbocycles. The maximum Gasteiger partial charge on any atom is 0.238 e. The molecule has 0 fully saturated rings. The molecule has 0 bridgehead atoms. The summed E-state index contributed by atoms with van der Waals surface area (Å²) < 4.78 is 6.11. The van der Waals surface area contributed by atoms with E-state index < -0.39 is 0 Å². The highest BCUT2D eigenvalue weighted by Crippen LogP contribution is 2.28. The van der Waals surface area contributed by atoms with Gasteiger partial charge in [-0.05, 0) is 65.2 Å². The minimum Gasteiger partial charge on any atom is -0.496 e. The third kappa shape index (κ3) is 4.72. The lowest BCUT2D eigenvalue weighted by Crippen LogP contribution is -2.30. The number of benzene rings is 2. The number of anilines is 1. The van der Waals surface area contributed by atoms with Crippen LogP contribution < -0.4 is 15.4 Å². The van der Waals surface area contributed by atoms with Gasteiger partial charge in [0.05, 0.1) is 18.1 Å². The number of rotatable bonds is 6. The molecule has 1 amide bonds. The van der Waals surface area contributed by atoms with Gasteiger partial charge in [-0.25, -0.2) is 0 Å². The van der Waals surface area contributed by atoms with Crippen molar-refractivity contribution in [3.05, 3.63) is 57.0 Å². The first-order valence-electron chi connectivity index (χ1n) is 7.54. The maximum atomic E-state index is 12.1. The van der Waals surface area contributed by atoms with Gasteiger partial charge in [-0.1, -0.05) is 23.7 Å². The molecule has 0 aliphatic heterocycles. The van der Waals surface area contributed by atoms with Gasteiger partial charge in [-0.2, -0.15) is 0 Å². The monoisotopic (exact) mass is 410 g/mol.